The maximum absolute atomic E-state index is 14.0. The van der Waals surface area contributed by atoms with E-state index in [1.165, 1.54) is 17.8 Å². The van der Waals surface area contributed by atoms with Gasteiger partial charge in [-0.25, -0.2) is 0 Å². The molecule has 1 atom stereocenters. The Balaban J connectivity index is 1.81. The van der Waals surface area contributed by atoms with Crippen LogP contribution in [0.1, 0.15) is 48.6 Å². The summed E-state index contributed by atoms with van der Waals surface area (Å²) in [4.78, 5) is 30.5. The van der Waals surface area contributed by atoms with Crippen LogP contribution in [0.4, 0.5) is 5.69 Å². The number of carbonyl (C=O) groups excluding carboxylic acids is 2. The van der Waals surface area contributed by atoms with E-state index in [2.05, 4.69) is 5.32 Å². The van der Waals surface area contributed by atoms with Crippen LogP contribution in [0.25, 0.3) is 0 Å². The van der Waals surface area contributed by atoms with Gasteiger partial charge in [-0.1, -0.05) is 37.5 Å². The minimum absolute atomic E-state index is 0.0865. The molecule has 1 aromatic heterocycles. The molecule has 2 amide bonds. The number of methoxy groups -OCH3 is 3. The second-order valence-electron chi connectivity index (χ2n) is 9.08. The van der Waals surface area contributed by atoms with Gasteiger partial charge < -0.3 is 19.5 Å². The van der Waals surface area contributed by atoms with Gasteiger partial charge in [-0.2, -0.15) is 0 Å². The topological polar surface area (TPSA) is 77.1 Å². The van der Waals surface area contributed by atoms with Crippen LogP contribution in [0.2, 0.25) is 0 Å². The lowest BCUT2D eigenvalue weighted by Crippen LogP contribution is -2.47. The van der Waals surface area contributed by atoms with Crippen molar-refractivity contribution >= 4 is 28.8 Å². The first kappa shape index (κ1) is 26.5. The molecule has 3 aromatic rings. The number of hydrogen-bond donors (Lipinski definition) is 1. The summed E-state index contributed by atoms with van der Waals surface area (Å²) in [6.45, 7) is 0. The van der Waals surface area contributed by atoms with Gasteiger partial charge in [-0.15, -0.1) is 11.3 Å². The Labute approximate surface area is 222 Å². The van der Waals surface area contributed by atoms with Gasteiger partial charge in [0.05, 0.1) is 27.8 Å². The lowest BCUT2D eigenvalue weighted by molar-refractivity contribution is -0.127. The zero-order valence-corrected chi connectivity index (χ0v) is 22.4. The molecule has 196 valence electrons. The summed E-state index contributed by atoms with van der Waals surface area (Å²) in [6.07, 6.45) is 5.40. The van der Waals surface area contributed by atoms with E-state index in [-0.39, 0.29) is 24.3 Å². The lowest BCUT2D eigenvalue weighted by atomic mass is 9.94. The number of benzene rings is 2. The minimum Gasteiger partial charge on any atom is -0.497 e. The van der Waals surface area contributed by atoms with E-state index in [0.29, 0.717) is 28.5 Å². The minimum atomic E-state index is -0.915. The fourth-order valence-electron chi connectivity index (χ4n) is 4.81. The van der Waals surface area contributed by atoms with Crippen molar-refractivity contribution < 1.29 is 23.8 Å². The molecule has 4 rings (SSSR count). The van der Waals surface area contributed by atoms with Crippen molar-refractivity contribution in [3.63, 3.8) is 0 Å². The number of hydrogen-bond acceptors (Lipinski definition) is 6. The van der Waals surface area contributed by atoms with Crippen molar-refractivity contribution in [2.75, 3.05) is 26.2 Å². The Morgan fingerprint density at radius 3 is 2.41 bits per heavy atom. The zero-order valence-electron chi connectivity index (χ0n) is 21.6. The van der Waals surface area contributed by atoms with Crippen molar-refractivity contribution in [1.29, 1.82) is 0 Å². The quantitative estimate of drug-likeness (QED) is 0.378. The third-order valence-corrected chi connectivity index (χ3v) is 7.56. The standard InChI is InChI=1S/C29H34N2O5S/c1-34-23-12-7-11-22(18-23)31(27(32)19-24-13-8-16-37-24)28(29(33)30-21-9-5-4-6-10-21)20-14-15-25(35-2)26(17-20)36-3/h7-8,11-18,21,28H,4-6,9-10,19H2,1-3H3,(H,30,33)/t28-/m0/s1. The zero-order chi connectivity index (χ0) is 26.2. The van der Waals surface area contributed by atoms with Gasteiger partial charge in [0.2, 0.25) is 11.8 Å². The normalized spacial score (nSPS) is 14.5. The van der Waals surface area contributed by atoms with Crippen molar-refractivity contribution in [3.05, 3.63) is 70.4 Å². The average Bonchev–Trinajstić information content (AvgIpc) is 3.44. The van der Waals surface area contributed by atoms with Crippen LogP contribution in [0, 0.1) is 0 Å². The second kappa shape index (κ2) is 12.6. The van der Waals surface area contributed by atoms with Crippen LogP contribution in [-0.4, -0.2) is 39.2 Å². The van der Waals surface area contributed by atoms with E-state index < -0.39 is 6.04 Å². The van der Waals surface area contributed by atoms with Crippen LogP contribution in [-0.2, 0) is 16.0 Å². The van der Waals surface area contributed by atoms with E-state index in [0.717, 1.165) is 30.6 Å². The molecule has 0 spiro atoms. The fraction of sp³-hybridized carbons (Fsp3) is 0.379. The molecule has 0 radical (unpaired) electrons. The highest BCUT2D eigenvalue weighted by Crippen LogP contribution is 2.36. The number of nitrogens with zero attached hydrogens (tertiary/aromatic N) is 1. The van der Waals surface area contributed by atoms with E-state index in [1.807, 2.05) is 41.8 Å². The number of thiophene rings is 1. The third-order valence-electron chi connectivity index (χ3n) is 6.69. The van der Waals surface area contributed by atoms with Crippen LogP contribution in [0.15, 0.2) is 60.0 Å². The van der Waals surface area contributed by atoms with Gasteiger partial charge in [0, 0.05) is 22.7 Å². The molecule has 0 aliphatic heterocycles. The summed E-state index contributed by atoms with van der Waals surface area (Å²) in [5.74, 6) is 1.24. The predicted octanol–water partition coefficient (Wildman–Crippen LogP) is 5.54. The summed E-state index contributed by atoms with van der Waals surface area (Å²) < 4.78 is 16.4. The predicted molar refractivity (Wildman–Crippen MR) is 146 cm³/mol. The van der Waals surface area contributed by atoms with Gasteiger partial charge in [-0.05, 0) is 54.1 Å². The van der Waals surface area contributed by atoms with Crippen molar-refractivity contribution in [2.45, 2.75) is 50.6 Å². The number of anilines is 1. The molecule has 8 heteroatoms. The average molecular weight is 523 g/mol. The molecular weight excluding hydrogens is 488 g/mol. The number of ether oxygens (including phenoxy) is 3. The highest BCUT2D eigenvalue weighted by atomic mass is 32.1. The van der Waals surface area contributed by atoms with Crippen molar-refractivity contribution in [3.8, 4) is 17.2 Å². The van der Waals surface area contributed by atoms with Gasteiger partial charge in [0.1, 0.15) is 11.8 Å². The SMILES string of the molecule is COc1cccc(N(C(=O)Cc2cccs2)[C@H](C(=O)NC2CCCCC2)c2ccc(OC)c(OC)c2)c1. The molecule has 1 aliphatic carbocycles. The van der Waals surface area contributed by atoms with Crippen LogP contribution >= 0.6 is 11.3 Å². The van der Waals surface area contributed by atoms with Gasteiger partial charge >= 0.3 is 0 Å². The highest BCUT2D eigenvalue weighted by molar-refractivity contribution is 7.10. The first-order valence-electron chi connectivity index (χ1n) is 12.5. The summed E-state index contributed by atoms with van der Waals surface area (Å²) in [5.41, 5.74) is 1.22. The Morgan fingerprint density at radius 2 is 1.73 bits per heavy atom. The van der Waals surface area contributed by atoms with E-state index in [9.17, 15) is 9.59 Å². The highest BCUT2D eigenvalue weighted by Gasteiger charge is 2.35. The number of nitrogens with one attached hydrogen (secondary N) is 1. The van der Waals surface area contributed by atoms with Gasteiger partial charge in [0.15, 0.2) is 11.5 Å². The van der Waals surface area contributed by atoms with Gasteiger partial charge in [-0.3, -0.25) is 14.5 Å². The fourth-order valence-corrected chi connectivity index (χ4v) is 5.51. The molecule has 1 fully saturated rings. The molecule has 1 saturated carbocycles. The second-order valence-corrected chi connectivity index (χ2v) is 10.1. The maximum atomic E-state index is 14.0. The molecule has 0 unspecified atom stereocenters. The summed E-state index contributed by atoms with van der Waals surface area (Å²) in [6, 6.07) is 15.6. The van der Waals surface area contributed by atoms with Crippen molar-refractivity contribution in [2.24, 2.45) is 0 Å². The van der Waals surface area contributed by atoms with Crippen LogP contribution in [0.3, 0.4) is 0 Å². The van der Waals surface area contributed by atoms with Crippen LogP contribution < -0.4 is 24.4 Å². The van der Waals surface area contributed by atoms with E-state index in [1.54, 1.807) is 44.4 Å². The third kappa shape index (κ3) is 6.43. The first-order chi connectivity index (χ1) is 18.0. The summed E-state index contributed by atoms with van der Waals surface area (Å²) in [7, 11) is 4.71. The molecule has 37 heavy (non-hydrogen) atoms. The Morgan fingerprint density at radius 1 is 0.946 bits per heavy atom. The van der Waals surface area contributed by atoms with Gasteiger partial charge in [0.25, 0.3) is 0 Å². The number of amides is 2. The Hall–Kier alpha value is -3.52. The van der Waals surface area contributed by atoms with E-state index >= 15 is 0 Å². The van der Waals surface area contributed by atoms with E-state index in [4.69, 9.17) is 14.2 Å². The molecule has 0 saturated heterocycles. The summed E-state index contributed by atoms with van der Waals surface area (Å²) in [5, 5.41) is 5.19. The molecule has 0 bridgehead atoms. The maximum Gasteiger partial charge on any atom is 0.248 e. The molecule has 7 nitrogen and oxygen atoms in total. The monoisotopic (exact) mass is 522 g/mol. The molecular formula is C29H34N2O5S. The molecule has 1 heterocycles. The van der Waals surface area contributed by atoms with Crippen molar-refractivity contribution in [1.82, 2.24) is 5.32 Å². The smallest absolute Gasteiger partial charge is 0.248 e. The molecule has 1 N–H and O–H groups in total. The first-order valence-corrected chi connectivity index (χ1v) is 13.4. The van der Waals surface area contributed by atoms with Crippen LogP contribution in [0.5, 0.6) is 17.2 Å². The largest absolute Gasteiger partial charge is 0.497 e. The summed E-state index contributed by atoms with van der Waals surface area (Å²) >= 11 is 1.52. The Kier molecular flexibility index (Phi) is 9.06. The Bertz CT molecular complexity index is 1190. The number of carbonyl (C=O) groups is 2. The molecule has 2 aromatic carbocycles. The number of rotatable bonds is 10. The lowest BCUT2D eigenvalue weighted by Gasteiger charge is -2.34. The molecule has 1 aliphatic rings.